The molecular weight excluding hydrogens is 370 g/mol. The van der Waals surface area contributed by atoms with E-state index >= 15 is 0 Å². The van der Waals surface area contributed by atoms with Gasteiger partial charge in [-0.25, -0.2) is 9.59 Å². The van der Waals surface area contributed by atoms with Crippen molar-refractivity contribution in [2.45, 2.75) is 79.2 Å². The maximum atomic E-state index is 12.2. The highest BCUT2D eigenvalue weighted by molar-refractivity contribution is 6.25. The lowest BCUT2D eigenvalue weighted by molar-refractivity contribution is -0.178. The predicted molar refractivity (Wildman–Crippen MR) is 98.2 cm³/mol. The first kappa shape index (κ1) is 25.3. The summed E-state index contributed by atoms with van der Waals surface area (Å²) in [4.78, 5) is 50.3. The highest BCUT2D eigenvalue weighted by Crippen LogP contribution is 2.17. The molecule has 10 nitrogen and oxygen atoms in total. The lowest BCUT2D eigenvalue weighted by atomic mass is 9.97. The normalized spacial score (nSPS) is 13.0. The number of amides is 1. The molecule has 0 saturated carbocycles. The zero-order chi connectivity index (χ0) is 21.9. The van der Waals surface area contributed by atoms with Crippen molar-refractivity contribution in [2.75, 3.05) is 0 Å². The Bertz CT molecular complexity index is 619. The summed E-state index contributed by atoms with van der Waals surface area (Å²) in [6, 6.07) is -1.17. The van der Waals surface area contributed by atoms with Crippen molar-refractivity contribution in [1.29, 1.82) is 0 Å². The van der Waals surface area contributed by atoms with E-state index < -0.39 is 47.7 Å². The Hall–Kier alpha value is -2.74. The molecule has 0 fully saturated rings. The van der Waals surface area contributed by atoms with Crippen LogP contribution in [0.1, 0.15) is 60.8 Å². The number of hydrogen-bond acceptors (Lipinski definition) is 7. The third kappa shape index (κ3) is 10.4. The van der Waals surface area contributed by atoms with Crippen LogP contribution in [0.3, 0.4) is 0 Å². The van der Waals surface area contributed by atoms with Gasteiger partial charge in [-0.15, -0.1) is 0 Å². The molecule has 0 aliphatic rings. The van der Waals surface area contributed by atoms with Gasteiger partial charge in [-0.1, -0.05) is 6.92 Å². The summed E-state index contributed by atoms with van der Waals surface area (Å²) in [6.45, 7) is 9.91. The van der Waals surface area contributed by atoms with Gasteiger partial charge in [-0.2, -0.15) is 4.79 Å². The fourth-order valence-electron chi connectivity index (χ4n) is 1.76. The summed E-state index contributed by atoms with van der Waals surface area (Å²) in [5.74, 6) is -1.83. The Morgan fingerprint density at radius 3 is 2.18 bits per heavy atom. The van der Waals surface area contributed by atoms with E-state index in [2.05, 4.69) is 10.1 Å². The van der Waals surface area contributed by atoms with E-state index in [0.29, 0.717) is 6.21 Å². The fourth-order valence-corrected chi connectivity index (χ4v) is 1.76. The number of hydrogen-bond donors (Lipinski definition) is 1. The van der Waals surface area contributed by atoms with E-state index in [-0.39, 0.29) is 19.3 Å². The first-order valence-corrected chi connectivity index (χ1v) is 8.99. The second-order valence-corrected chi connectivity index (χ2v) is 7.33. The van der Waals surface area contributed by atoms with Crippen LogP contribution in [0.2, 0.25) is 0 Å². The number of rotatable bonds is 10. The molecule has 158 valence electrons. The summed E-state index contributed by atoms with van der Waals surface area (Å²) in [6.07, 6.45) is -1.91. The molecule has 2 atom stereocenters. The first-order chi connectivity index (χ1) is 12.9. The number of nitrogens with zero attached hydrogens (tertiary/aromatic N) is 2. The molecule has 0 spiro atoms. The Labute approximate surface area is 164 Å². The number of carbonyl (C=O) groups is 4. The van der Waals surface area contributed by atoms with Crippen LogP contribution < -0.4 is 5.32 Å². The molecular formula is C18H29N3O7. The molecule has 0 aliphatic carbocycles. The molecule has 0 heterocycles. The second-order valence-electron chi connectivity index (χ2n) is 7.33. The van der Waals surface area contributed by atoms with Crippen LogP contribution in [-0.4, -0.2) is 53.3 Å². The number of ketones is 1. The third-order valence-corrected chi connectivity index (χ3v) is 3.23. The quantitative estimate of drug-likeness (QED) is 0.194. The standard InChI is InChI=1S/C18H29N3O7/c1-7-14(27-16(24)18(4,5)6)28-17(25)21-13(15(23)26-11(2)3)9-8-12(22)10-20-19/h10-11,13-14H,7-9H2,1-6H3,(H,21,25)/t13-,14?/m0/s1. The SMILES string of the molecule is CCC(OC(=O)N[C@@H](CCC(=O)C=[N+]=[N-])C(=O)OC(C)C)OC(=O)C(C)(C)C. The topological polar surface area (TPSA) is 144 Å². The van der Waals surface area contributed by atoms with Crippen molar-refractivity contribution in [2.24, 2.45) is 5.41 Å². The van der Waals surface area contributed by atoms with E-state index in [0.717, 1.165) is 0 Å². The van der Waals surface area contributed by atoms with Gasteiger partial charge in [0.05, 0.1) is 11.5 Å². The van der Waals surface area contributed by atoms with Crippen LogP contribution in [0.4, 0.5) is 4.79 Å². The van der Waals surface area contributed by atoms with Gasteiger partial charge in [-0.05, 0) is 41.0 Å². The zero-order valence-corrected chi connectivity index (χ0v) is 17.2. The molecule has 0 radical (unpaired) electrons. The summed E-state index contributed by atoms with van der Waals surface area (Å²) < 4.78 is 15.2. The molecule has 0 aromatic rings. The summed E-state index contributed by atoms with van der Waals surface area (Å²) in [5.41, 5.74) is 7.58. The van der Waals surface area contributed by atoms with E-state index in [4.69, 9.17) is 19.7 Å². The molecule has 1 unspecified atom stereocenters. The number of alkyl carbamates (subject to hydrolysis) is 1. The number of carbonyl (C=O) groups excluding carboxylic acids is 4. The van der Waals surface area contributed by atoms with Gasteiger partial charge in [0.15, 0.2) is 0 Å². The van der Waals surface area contributed by atoms with Gasteiger partial charge in [-0.3, -0.25) is 9.59 Å². The van der Waals surface area contributed by atoms with Gasteiger partial charge < -0.3 is 25.1 Å². The third-order valence-electron chi connectivity index (χ3n) is 3.23. The molecule has 10 heteroatoms. The predicted octanol–water partition coefficient (Wildman–Crippen LogP) is 2.01. The van der Waals surface area contributed by atoms with Crippen LogP contribution in [0.15, 0.2) is 0 Å². The summed E-state index contributed by atoms with van der Waals surface area (Å²) in [7, 11) is 0. The molecule has 1 N–H and O–H groups in total. The van der Waals surface area contributed by atoms with Crippen molar-refractivity contribution in [3.05, 3.63) is 5.53 Å². The largest absolute Gasteiger partial charge is 0.461 e. The van der Waals surface area contributed by atoms with Gasteiger partial charge in [0.25, 0.3) is 0 Å². The average molecular weight is 399 g/mol. The Morgan fingerprint density at radius 2 is 1.71 bits per heavy atom. The van der Waals surface area contributed by atoms with Crippen LogP contribution in [-0.2, 0) is 28.6 Å². The van der Waals surface area contributed by atoms with Crippen LogP contribution in [0.25, 0.3) is 5.53 Å². The van der Waals surface area contributed by atoms with Crippen LogP contribution >= 0.6 is 0 Å². The minimum absolute atomic E-state index is 0.0932. The molecule has 0 saturated heterocycles. The Morgan fingerprint density at radius 1 is 1.11 bits per heavy atom. The first-order valence-electron chi connectivity index (χ1n) is 8.99. The van der Waals surface area contributed by atoms with E-state index in [1.54, 1.807) is 41.5 Å². The van der Waals surface area contributed by atoms with Gasteiger partial charge >= 0.3 is 24.2 Å². The van der Waals surface area contributed by atoms with Crippen molar-refractivity contribution >= 4 is 30.0 Å². The molecule has 0 aromatic carbocycles. The van der Waals surface area contributed by atoms with Gasteiger partial charge in [0, 0.05) is 12.8 Å². The lowest BCUT2D eigenvalue weighted by Crippen LogP contribution is -2.44. The molecule has 0 bridgehead atoms. The van der Waals surface area contributed by atoms with Gasteiger partial charge in [0.1, 0.15) is 6.04 Å². The maximum Gasteiger partial charge on any atom is 0.410 e. The summed E-state index contributed by atoms with van der Waals surface area (Å²) >= 11 is 0. The molecule has 0 aliphatic heterocycles. The van der Waals surface area contributed by atoms with E-state index in [9.17, 15) is 19.2 Å². The van der Waals surface area contributed by atoms with Crippen molar-refractivity contribution in [3.63, 3.8) is 0 Å². The average Bonchev–Trinajstić information content (AvgIpc) is 2.56. The minimum atomic E-state index is -1.17. The maximum absolute atomic E-state index is 12.2. The van der Waals surface area contributed by atoms with Crippen LogP contribution in [0.5, 0.6) is 0 Å². The monoisotopic (exact) mass is 399 g/mol. The number of nitrogens with one attached hydrogen (secondary N) is 1. The fraction of sp³-hybridized carbons (Fsp3) is 0.722. The number of Topliss-reactive ketones (excluding diaryl/α,β-unsaturated/α-hetero) is 1. The van der Waals surface area contributed by atoms with Gasteiger partial charge in [0.2, 0.25) is 12.1 Å². The van der Waals surface area contributed by atoms with E-state index in [1.165, 1.54) is 0 Å². The highest BCUT2D eigenvalue weighted by atomic mass is 16.7. The molecule has 28 heavy (non-hydrogen) atoms. The number of ether oxygens (including phenoxy) is 3. The molecule has 0 aromatic heterocycles. The smallest absolute Gasteiger partial charge is 0.410 e. The summed E-state index contributed by atoms with van der Waals surface area (Å²) in [5, 5.41) is 2.31. The van der Waals surface area contributed by atoms with Crippen LogP contribution in [0, 0.1) is 5.41 Å². The Kier molecular flexibility index (Phi) is 10.7. The molecule has 0 rings (SSSR count). The zero-order valence-electron chi connectivity index (χ0n) is 17.2. The molecule has 1 amide bonds. The van der Waals surface area contributed by atoms with Crippen molar-refractivity contribution in [1.82, 2.24) is 5.32 Å². The minimum Gasteiger partial charge on any atom is -0.461 e. The highest BCUT2D eigenvalue weighted by Gasteiger charge is 2.29. The van der Waals surface area contributed by atoms with Crippen molar-refractivity contribution < 1.29 is 38.2 Å². The lowest BCUT2D eigenvalue weighted by Gasteiger charge is -2.24. The van der Waals surface area contributed by atoms with Crippen molar-refractivity contribution in [3.8, 4) is 0 Å². The Balaban J connectivity index is 4.99. The second kappa shape index (κ2) is 11.9. The van der Waals surface area contributed by atoms with E-state index in [1.807, 2.05) is 0 Å². The number of esters is 2.